The number of esters is 1. The van der Waals surface area contributed by atoms with Crippen LogP contribution in [-0.2, 0) is 14.3 Å². The first-order chi connectivity index (χ1) is 31.0. The van der Waals surface area contributed by atoms with Crippen LogP contribution in [0, 0.1) is 0 Å². The number of hydrogen-bond donors (Lipinski definition) is 3. The highest BCUT2D eigenvalue weighted by molar-refractivity contribution is 5.77. The van der Waals surface area contributed by atoms with Gasteiger partial charge in [0.2, 0.25) is 5.91 Å². The second-order valence-electron chi connectivity index (χ2n) is 18.3. The number of hydrogen-bond acceptors (Lipinski definition) is 5. The highest BCUT2D eigenvalue weighted by atomic mass is 16.5. The average Bonchev–Trinajstić information content (AvgIpc) is 3.28. The number of nitrogens with one attached hydrogen (secondary N) is 1. The molecule has 6 nitrogen and oxygen atoms in total. The fourth-order valence-electron chi connectivity index (χ4n) is 7.94. The van der Waals surface area contributed by atoms with Crippen LogP contribution in [0.5, 0.6) is 0 Å². The fraction of sp³-hybridized carbons (Fsp3) is 0.789. The van der Waals surface area contributed by atoms with Crippen molar-refractivity contribution in [1.29, 1.82) is 0 Å². The standard InChI is InChI=1S/C57H103NO5/c1-4-7-10-13-16-19-22-24-26-27-28-29-30-32-35-38-41-44-47-50-57(62)63-53(48-45-42-39-36-33-21-18-15-12-9-6-3)51-56(61)58-54(52-59)55(60)49-46-43-40-37-34-31-25-23-20-17-14-11-8-5-2/h16,19,24,26,28-29,32,35-36,39,53-55,59-60H,4-15,17-18,20-23,25,27,30-31,33-34,37-38,40-52H2,1-3H3,(H,58,61)/b19-16-,26-24-,29-28-,35-32-,39-36-. The van der Waals surface area contributed by atoms with E-state index in [4.69, 9.17) is 4.74 Å². The summed E-state index contributed by atoms with van der Waals surface area (Å²) in [5.41, 5.74) is 0. The van der Waals surface area contributed by atoms with Crippen LogP contribution in [0.2, 0.25) is 0 Å². The number of amides is 1. The molecule has 0 radical (unpaired) electrons. The van der Waals surface area contributed by atoms with E-state index in [1.54, 1.807) is 0 Å². The lowest BCUT2D eigenvalue weighted by Gasteiger charge is -2.24. The lowest BCUT2D eigenvalue weighted by atomic mass is 10.0. The van der Waals surface area contributed by atoms with E-state index in [-0.39, 0.29) is 24.9 Å². The molecule has 0 spiro atoms. The maximum atomic E-state index is 13.2. The number of aliphatic hydroxyl groups excluding tert-OH is 2. The monoisotopic (exact) mass is 882 g/mol. The van der Waals surface area contributed by atoms with Crippen molar-refractivity contribution in [2.75, 3.05) is 6.61 Å². The zero-order valence-corrected chi connectivity index (χ0v) is 41.7. The minimum Gasteiger partial charge on any atom is -0.462 e. The first-order valence-corrected chi connectivity index (χ1v) is 27.0. The normalized spacial score (nSPS) is 13.7. The predicted octanol–water partition coefficient (Wildman–Crippen LogP) is 16.4. The van der Waals surface area contributed by atoms with Gasteiger partial charge in [-0.1, -0.05) is 223 Å². The van der Waals surface area contributed by atoms with Crippen LogP contribution in [0.15, 0.2) is 60.8 Å². The summed E-state index contributed by atoms with van der Waals surface area (Å²) >= 11 is 0. The zero-order chi connectivity index (χ0) is 45.9. The molecular weight excluding hydrogens is 779 g/mol. The van der Waals surface area contributed by atoms with Gasteiger partial charge in [0.25, 0.3) is 0 Å². The number of aliphatic hydroxyl groups is 2. The number of unbranched alkanes of at least 4 members (excludes halogenated alkanes) is 26. The Hall–Kier alpha value is -2.44. The van der Waals surface area contributed by atoms with Gasteiger partial charge in [0.1, 0.15) is 6.10 Å². The van der Waals surface area contributed by atoms with Gasteiger partial charge < -0.3 is 20.3 Å². The van der Waals surface area contributed by atoms with Crippen molar-refractivity contribution < 1.29 is 24.5 Å². The van der Waals surface area contributed by atoms with E-state index in [0.717, 1.165) is 83.5 Å². The third-order valence-corrected chi connectivity index (χ3v) is 12.1. The Balaban J connectivity index is 4.58. The first kappa shape index (κ1) is 60.6. The zero-order valence-electron chi connectivity index (χ0n) is 41.7. The molecule has 3 atom stereocenters. The van der Waals surface area contributed by atoms with E-state index in [9.17, 15) is 19.8 Å². The summed E-state index contributed by atoms with van der Waals surface area (Å²) < 4.78 is 5.90. The minimum atomic E-state index is -0.801. The molecule has 0 saturated heterocycles. The molecule has 0 aromatic rings. The predicted molar refractivity (Wildman–Crippen MR) is 273 cm³/mol. The van der Waals surface area contributed by atoms with Crippen molar-refractivity contribution in [3.63, 3.8) is 0 Å². The van der Waals surface area contributed by atoms with Crippen molar-refractivity contribution in [3.8, 4) is 0 Å². The van der Waals surface area contributed by atoms with Gasteiger partial charge >= 0.3 is 5.97 Å². The van der Waals surface area contributed by atoms with E-state index < -0.39 is 18.2 Å². The van der Waals surface area contributed by atoms with Crippen LogP contribution in [0.3, 0.4) is 0 Å². The van der Waals surface area contributed by atoms with Crippen LogP contribution >= 0.6 is 0 Å². The van der Waals surface area contributed by atoms with Crippen molar-refractivity contribution in [3.05, 3.63) is 60.8 Å². The summed E-state index contributed by atoms with van der Waals surface area (Å²) in [4.78, 5) is 26.1. The summed E-state index contributed by atoms with van der Waals surface area (Å²) in [6.45, 7) is 6.44. The number of carbonyl (C=O) groups is 2. The molecule has 0 heterocycles. The largest absolute Gasteiger partial charge is 0.462 e. The smallest absolute Gasteiger partial charge is 0.306 e. The van der Waals surface area contributed by atoms with E-state index in [1.807, 2.05) is 0 Å². The minimum absolute atomic E-state index is 0.0430. The average molecular weight is 882 g/mol. The Morgan fingerprint density at radius 1 is 0.460 bits per heavy atom. The lowest BCUT2D eigenvalue weighted by molar-refractivity contribution is -0.151. The van der Waals surface area contributed by atoms with Crippen LogP contribution in [0.1, 0.15) is 265 Å². The number of carbonyl (C=O) groups excluding carboxylic acids is 2. The SMILES string of the molecule is CCCCC/C=C\C/C=C\C/C=C\C/C=C\CCCCCC(=O)OC(CCC/C=C\CCCCCCCC)CC(=O)NC(CO)C(O)CCCCCCCCCCCCCCCC. The van der Waals surface area contributed by atoms with E-state index in [1.165, 1.54) is 135 Å². The van der Waals surface area contributed by atoms with Crippen LogP contribution in [-0.4, -0.2) is 46.9 Å². The molecule has 366 valence electrons. The molecule has 0 fully saturated rings. The second kappa shape index (κ2) is 50.6. The summed E-state index contributed by atoms with van der Waals surface area (Å²) in [7, 11) is 0. The first-order valence-electron chi connectivity index (χ1n) is 27.0. The molecule has 1 amide bonds. The number of allylic oxidation sites excluding steroid dienone is 10. The molecule has 3 unspecified atom stereocenters. The van der Waals surface area contributed by atoms with Crippen LogP contribution < -0.4 is 5.32 Å². The summed E-state index contributed by atoms with van der Waals surface area (Å²) in [5.74, 6) is -0.537. The van der Waals surface area contributed by atoms with Gasteiger partial charge in [0.15, 0.2) is 0 Å². The molecule has 0 rings (SSSR count). The Labute approximate surface area is 390 Å². The van der Waals surface area contributed by atoms with Crippen LogP contribution in [0.4, 0.5) is 0 Å². The molecule has 63 heavy (non-hydrogen) atoms. The van der Waals surface area contributed by atoms with Crippen molar-refractivity contribution >= 4 is 11.9 Å². The van der Waals surface area contributed by atoms with Crippen molar-refractivity contribution in [1.82, 2.24) is 5.32 Å². The van der Waals surface area contributed by atoms with Gasteiger partial charge in [-0.3, -0.25) is 9.59 Å². The molecule has 6 heteroatoms. The Bertz CT molecular complexity index is 1130. The number of rotatable bonds is 48. The molecule has 0 aromatic carbocycles. The number of ether oxygens (including phenoxy) is 1. The van der Waals surface area contributed by atoms with Gasteiger partial charge in [0, 0.05) is 6.42 Å². The quantitative estimate of drug-likeness (QED) is 0.0321. The van der Waals surface area contributed by atoms with Gasteiger partial charge in [-0.25, -0.2) is 0 Å². The Morgan fingerprint density at radius 3 is 1.30 bits per heavy atom. The molecule has 0 aliphatic carbocycles. The topological polar surface area (TPSA) is 95.9 Å². The van der Waals surface area contributed by atoms with E-state index >= 15 is 0 Å². The fourth-order valence-corrected chi connectivity index (χ4v) is 7.94. The maximum Gasteiger partial charge on any atom is 0.306 e. The molecule has 3 N–H and O–H groups in total. The van der Waals surface area contributed by atoms with Crippen LogP contribution in [0.25, 0.3) is 0 Å². The van der Waals surface area contributed by atoms with Gasteiger partial charge in [-0.05, 0) is 89.9 Å². The molecule has 0 bridgehead atoms. The Morgan fingerprint density at radius 2 is 0.825 bits per heavy atom. The van der Waals surface area contributed by atoms with Gasteiger partial charge in [-0.15, -0.1) is 0 Å². The third kappa shape index (κ3) is 45.9. The van der Waals surface area contributed by atoms with E-state index in [0.29, 0.717) is 19.3 Å². The molecule has 0 aromatic heterocycles. The summed E-state index contributed by atoms with van der Waals surface area (Å²) in [6, 6.07) is -0.717. The molecule has 0 saturated carbocycles. The highest BCUT2D eigenvalue weighted by Crippen LogP contribution is 2.17. The summed E-state index contributed by atoms with van der Waals surface area (Å²) in [5, 5.41) is 23.8. The van der Waals surface area contributed by atoms with Gasteiger partial charge in [0.05, 0.1) is 25.2 Å². The molecule has 0 aliphatic heterocycles. The lowest BCUT2D eigenvalue weighted by Crippen LogP contribution is -2.46. The molecule has 0 aliphatic rings. The van der Waals surface area contributed by atoms with Gasteiger partial charge in [-0.2, -0.15) is 0 Å². The second-order valence-corrected chi connectivity index (χ2v) is 18.3. The van der Waals surface area contributed by atoms with Crippen molar-refractivity contribution in [2.45, 2.75) is 283 Å². The highest BCUT2D eigenvalue weighted by Gasteiger charge is 2.24. The molecular formula is C57H103NO5. The Kier molecular flexibility index (Phi) is 48.6. The van der Waals surface area contributed by atoms with E-state index in [2.05, 4.69) is 86.8 Å². The maximum absolute atomic E-state index is 13.2. The van der Waals surface area contributed by atoms with Crippen molar-refractivity contribution in [2.24, 2.45) is 0 Å². The summed E-state index contributed by atoms with van der Waals surface area (Å²) in [6.07, 6.45) is 62.8. The third-order valence-electron chi connectivity index (χ3n) is 12.1.